The SMILES string of the molecule is c1ccc2cc3c(cc2c1)sc1ccc2c4ccc(-c5ccc6c(c5)c5ccccc5n6-c5ccc6sc7ccccc7c6c5)cc4c4ccccc4c2c13. The van der Waals surface area contributed by atoms with Gasteiger partial charge in [-0.1, -0.05) is 109 Å². The van der Waals surface area contributed by atoms with Crippen LogP contribution in [-0.4, -0.2) is 4.57 Å². The standard InChI is InChI=1S/C52H29NS2/c1-2-10-31-28-50-44(27-30(31)9-1)52-49(55-50)24-21-40-36-20-17-32(25-41(36)35-11-3-4-14-39(35)51(40)52)33-18-22-46-42(26-33)37-12-5-7-15-45(37)53(46)34-19-23-48-43(29-34)38-13-6-8-16-47(38)54-48/h1-29H. The first-order valence-corrected chi connectivity index (χ1v) is 20.5. The highest BCUT2D eigenvalue weighted by Crippen LogP contribution is 2.46. The van der Waals surface area contributed by atoms with Crippen LogP contribution in [0, 0.1) is 0 Å². The van der Waals surface area contributed by atoms with E-state index in [1.54, 1.807) is 0 Å². The van der Waals surface area contributed by atoms with Crippen molar-refractivity contribution in [2.75, 3.05) is 0 Å². The zero-order valence-corrected chi connectivity index (χ0v) is 31.1. The van der Waals surface area contributed by atoms with Crippen molar-refractivity contribution in [3.63, 3.8) is 0 Å². The molecule has 1 nitrogen and oxygen atoms in total. The first-order valence-electron chi connectivity index (χ1n) is 18.8. The highest BCUT2D eigenvalue weighted by Gasteiger charge is 2.18. The van der Waals surface area contributed by atoms with E-state index < -0.39 is 0 Å². The third kappa shape index (κ3) is 4.17. The zero-order chi connectivity index (χ0) is 35.8. The third-order valence-electron chi connectivity index (χ3n) is 11.9. The summed E-state index contributed by atoms with van der Waals surface area (Å²) in [7, 11) is 0. The molecule has 0 amide bonds. The van der Waals surface area contributed by atoms with Crippen LogP contribution in [-0.2, 0) is 0 Å². The Morgan fingerprint density at radius 1 is 0.291 bits per heavy atom. The minimum absolute atomic E-state index is 1.19. The molecule has 13 rings (SSSR count). The summed E-state index contributed by atoms with van der Waals surface area (Å²) in [5.74, 6) is 0. The van der Waals surface area contributed by atoms with E-state index in [4.69, 9.17) is 0 Å². The lowest BCUT2D eigenvalue weighted by molar-refractivity contribution is 1.19. The molecule has 0 aliphatic carbocycles. The van der Waals surface area contributed by atoms with Gasteiger partial charge in [-0.3, -0.25) is 0 Å². The molecule has 0 fully saturated rings. The molecule has 10 aromatic carbocycles. The normalized spacial score (nSPS) is 12.4. The average molecular weight is 732 g/mol. The van der Waals surface area contributed by atoms with Gasteiger partial charge in [-0.2, -0.15) is 0 Å². The molecule has 0 unspecified atom stereocenters. The molecule has 0 N–H and O–H groups in total. The van der Waals surface area contributed by atoms with E-state index in [1.165, 1.54) is 122 Å². The van der Waals surface area contributed by atoms with Crippen molar-refractivity contribution in [3.8, 4) is 16.8 Å². The molecule has 3 heteroatoms. The van der Waals surface area contributed by atoms with Gasteiger partial charge in [-0.15, -0.1) is 22.7 Å². The molecule has 0 atom stereocenters. The molecular formula is C52H29NS2. The summed E-state index contributed by atoms with van der Waals surface area (Å²) in [6.07, 6.45) is 0. The first-order chi connectivity index (χ1) is 27.2. The van der Waals surface area contributed by atoms with Gasteiger partial charge >= 0.3 is 0 Å². The molecule has 0 aliphatic heterocycles. The van der Waals surface area contributed by atoms with Gasteiger partial charge in [0.1, 0.15) is 0 Å². The van der Waals surface area contributed by atoms with Gasteiger partial charge in [0.25, 0.3) is 0 Å². The van der Waals surface area contributed by atoms with Crippen LogP contribution in [0.25, 0.3) is 122 Å². The van der Waals surface area contributed by atoms with E-state index >= 15 is 0 Å². The lowest BCUT2D eigenvalue weighted by Crippen LogP contribution is -1.93. The van der Waals surface area contributed by atoms with Crippen molar-refractivity contribution >= 4 is 128 Å². The van der Waals surface area contributed by atoms with E-state index in [0.717, 1.165) is 0 Å². The molecule has 0 bridgehead atoms. The van der Waals surface area contributed by atoms with E-state index in [1.807, 2.05) is 22.7 Å². The second kappa shape index (κ2) is 11.0. The van der Waals surface area contributed by atoms with Crippen molar-refractivity contribution in [1.29, 1.82) is 0 Å². The summed E-state index contributed by atoms with van der Waals surface area (Å²) in [4.78, 5) is 0. The Bertz CT molecular complexity index is 3760. The number of fused-ring (bicyclic) bond motifs is 17. The lowest BCUT2D eigenvalue weighted by atomic mass is 9.90. The van der Waals surface area contributed by atoms with Crippen molar-refractivity contribution < 1.29 is 0 Å². The van der Waals surface area contributed by atoms with E-state index in [2.05, 4.69) is 180 Å². The van der Waals surface area contributed by atoms with Crippen molar-refractivity contribution in [2.24, 2.45) is 0 Å². The molecule has 0 saturated heterocycles. The van der Waals surface area contributed by atoms with Crippen LogP contribution in [0.3, 0.4) is 0 Å². The number of nitrogens with zero attached hydrogens (tertiary/aromatic N) is 1. The summed E-state index contributed by atoms with van der Waals surface area (Å²) >= 11 is 3.78. The number of hydrogen-bond acceptors (Lipinski definition) is 2. The Morgan fingerprint density at radius 3 is 1.78 bits per heavy atom. The number of hydrogen-bond donors (Lipinski definition) is 0. The van der Waals surface area contributed by atoms with Gasteiger partial charge < -0.3 is 4.57 Å². The molecule has 0 saturated carbocycles. The van der Waals surface area contributed by atoms with Gasteiger partial charge in [0.05, 0.1) is 11.0 Å². The van der Waals surface area contributed by atoms with E-state index in [9.17, 15) is 0 Å². The second-order valence-electron chi connectivity index (χ2n) is 14.8. The van der Waals surface area contributed by atoms with E-state index in [0.29, 0.717) is 0 Å². The van der Waals surface area contributed by atoms with Crippen LogP contribution < -0.4 is 0 Å². The summed E-state index contributed by atoms with van der Waals surface area (Å²) in [6.45, 7) is 0. The predicted molar refractivity (Wildman–Crippen MR) is 242 cm³/mol. The van der Waals surface area contributed by atoms with Crippen molar-refractivity contribution in [2.45, 2.75) is 0 Å². The number of thiophene rings is 2. The fourth-order valence-corrected chi connectivity index (χ4v) is 11.7. The highest BCUT2D eigenvalue weighted by atomic mass is 32.1. The topological polar surface area (TPSA) is 4.93 Å². The summed E-state index contributed by atoms with van der Waals surface area (Å²) < 4.78 is 7.79. The fraction of sp³-hybridized carbons (Fsp3) is 0. The Labute approximate surface area is 323 Å². The fourth-order valence-electron chi connectivity index (χ4n) is 9.46. The molecule has 55 heavy (non-hydrogen) atoms. The molecule has 3 heterocycles. The van der Waals surface area contributed by atoms with Crippen LogP contribution in [0.1, 0.15) is 0 Å². The second-order valence-corrected chi connectivity index (χ2v) is 17.0. The molecule has 0 spiro atoms. The van der Waals surface area contributed by atoms with Gasteiger partial charge in [0, 0.05) is 56.8 Å². The van der Waals surface area contributed by atoms with Gasteiger partial charge in [-0.25, -0.2) is 0 Å². The molecule has 0 aliphatic rings. The maximum absolute atomic E-state index is 2.44. The maximum atomic E-state index is 2.44. The van der Waals surface area contributed by atoms with Gasteiger partial charge in [-0.05, 0) is 121 Å². The van der Waals surface area contributed by atoms with Crippen LogP contribution in [0.2, 0.25) is 0 Å². The van der Waals surface area contributed by atoms with Gasteiger partial charge in [0.2, 0.25) is 0 Å². The molecule has 3 aromatic heterocycles. The number of benzene rings is 10. The maximum Gasteiger partial charge on any atom is 0.0541 e. The number of aromatic nitrogens is 1. The Hall–Kier alpha value is -6.52. The predicted octanol–water partition coefficient (Wildman–Crippen LogP) is 15.8. The highest BCUT2D eigenvalue weighted by molar-refractivity contribution is 7.26. The monoisotopic (exact) mass is 731 g/mol. The Morgan fingerprint density at radius 2 is 0.891 bits per heavy atom. The summed E-state index contributed by atoms with van der Waals surface area (Å²) in [6, 6.07) is 66.0. The minimum Gasteiger partial charge on any atom is -0.309 e. The first kappa shape index (κ1) is 29.9. The smallest absolute Gasteiger partial charge is 0.0541 e. The number of rotatable bonds is 2. The van der Waals surface area contributed by atoms with Crippen LogP contribution >= 0.6 is 22.7 Å². The molecule has 13 aromatic rings. The van der Waals surface area contributed by atoms with Crippen LogP contribution in [0.5, 0.6) is 0 Å². The lowest BCUT2D eigenvalue weighted by Gasteiger charge is -2.14. The summed E-state index contributed by atoms with van der Waals surface area (Å²) in [5, 5.41) is 18.4. The molecule has 0 radical (unpaired) electrons. The summed E-state index contributed by atoms with van der Waals surface area (Å²) in [5.41, 5.74) is 6.10. The van der Waals surface area contributed by atoms with Crippen molar-refractivity contribution in [1.82, 2.24) is 4.57 Å². The third-order valence-corrected chi connectivity index (χ3v) is 14.2. The van der Waals surface area contributed by atoms with Crippen molar-refractivity contribution in [3.05, 3.63) is 176 Å². The van der Waals surface area contributed by atoms with Crippen LogP contribution in [0.15, 0.2) is 176 Å². The molecular weight excluding hydrogens is 703 g/mol. The minimum atomic E-state index is 1.19. The quantitative estimate of drug-likeness (QED) is 0.156. The van der Waals surface area contributed by atoms with Crippen LogP contribution in [0.4, 0.5) is 0 Å². The molecule has 254 valence electrons. The Balaban J connectivity index is 1.03. The zero-order valence-electron chi connectivity index (χ0n) is 29.5. The van der Waals surface area contributed by atoms with Gasteiger partial charge in [0.15, 0.2) is 0 Å². The Kier molecular flexibility index (Phi) is 5.99. The average Bonchev–Trinajstić information content (AvgIpc) is 3.91. The van der Waals surface area contributed by atoms with E-state index in [-0.39, 0.29) is 0 Å². The largest absolute Gasteiger partial charge is 0.309 e. The number of para-hydroxylation sites is 1.